The van der Waals surface area contributed by atoms with E-state index in [0.29, 0.717) is 0 Å². The van der Waals surface area contributed by atoms with Crippen LogP contribution in [0, 0.1) is 0 Å². The van der Waals surface area contributed by atoms with Gasteiger partial charge in [-0.1, -0.05) is 0 Å². The first-order valence-corrected chi connectivity index (χ1v) is 9.92. The van der Waals surface area contributed by atoms with E-state index in [-0.39, 0.29) is 5.76 Å². The number of carbonyl (C=O) groups is 1. The van der Waals surface area contributed by atoms with E-state index in [2.05, 4.69) is 54.7 Å². The van der Waals surface area contributed by atoms with Gasteiger partial charge in [0.1, 0.15) is 0 Å². The van der Waals surface area contributed by atoms with Gasteiger partial charge in [-0.3, -0.25) is 0 Å². The van der Waals surface area contributed by atoms with Crippen molar-refractivity contribution in [2.45, 2.75) is 0 Å². The lowest BCUT2D eigenvalue weighted by Crippen LogP contribution is -1.90. The van der Waals surface area contributed by atoms with Crippen LogP contribution in [0.25, 0.3) is 46.4 Å². The molecule has 0 radical (unpaired) electrons. The summed E-state index contributed by atoms with van der Waals surface area (Å²) in [6.07, 6.45) is 9.37. The van der Waals surface area contributed by atoms with E-state index in [1.165, 1.54) is 18.4 Å². The number of hydrogen-bond donors (Lipinski definition) is 3. The molecule has 8 bridgehead atoms. The van der Waals surface area contributed by atoms with Crippen molar-refractivity contribution in [3.63, 3.8) is 0 Å². The molecule has 0 spiro atoms. The van der Waals surface area contributed by atoms with E-state index < -0.39 is 5.97 Å². The number of aromatic amines is 2. The Kier molecular flexibility index (Phi) is 4.97. The second-order valence-electron chi connectivity index (χ2n) is 7.19. The minimum Gasteiger partial charge on any atom is -0.475 e. The normalized spacial score (nSPS) is 11.8. The summed E-state index contributed by atoms with van der Waals surface area (Å²) in [5.41, 5.74) is 7.86. The molecule has 2 aliphatic heterocycles. The Hall–Kier alpha value is -4.65. The van der Waals surface area contributed by atoms with Gasteiger partial charge in [0.05, 0.1) is 29.0 Å². The lowest BCUT2D eigenvalue weighted by molar-refractivity contribution is 0.0662. The number of carboxylic acid groups (broad SMARTS) is 1. The zero-order valence-corrected chi connectivity index (χ0v) is 16.8. The third kappa shape index (κ3) is 4.41. The summed E-state index contributed by atoms with van der Waals surface area (Å²) in [6.45, 7) is 0. The predicted octanol–water partition coefficient (Wildman–Crippen LogP) is 5.63. The summed E-state index contributed by atoms with van der Waals surface area (Å²) >= 11 is 0. The van der Waals surface area contributed by atoms with Gasteiger partial charge in [0.25, 0.3) is 0 Å². The molecule has 0 aliphatic carbocycles. The van der Waals surface area contributed by atoms with E-state index in [0.717, 1.165) is 44.8 Å². The molecule has 7 heteroatoms. The molecule has 0 amide bonds. The topological polar surface area (TPSA) is 108 Å². The summed E-state index contributed by atoms with van der Waals surface area (Å²) in [7, 11) is 0. The Morgan fingerprint density at radius 2 is 1.16 bits per heavy atom. The van der Waals surface area contributed by atoms with E-state index >= 15 is 0 Å². The number of nitrogens with one attached hydrogen (secondary N) is 2. The van der Waals surface area contributed by atoms with Crippen LogP contribution in [0.3, 0.4) is 0 Å². The van der Waals surface area contributed by atoms with Crippen LogP contribution in [0.15, 0.2) is 71.3 Å². The number of hydrogen-bond acceptors (Lipinski definition) is 4. The number of rotatable bonds is 1. The maximum atomic E-state index is 9.97. The number of furan rings is 1. The van der Waals surface area contributed by atoms with Crippen molar-refractivity contribution < 1.29 is 14.3 Å². The number of fused-ring (bicyclic) bond motifs is 8. The SMILES string of the molecule is C1=Cc2cc3ccc(cc4ccc(cc5nc(cc1n2)C=C5)[nH]4)[nH]3.O=C(O)c1ccco1. The smallest absolute Gasteiger partial charge is 0.371 e. The summed E-state index contributed by atoms with van der Waals surface area (Å²) in [6, 6.07) is 19.3. The van der Waals surface area contributed by atoms with Crippen LogP contribution in [0.4, 0.5) is 0 Å². The van der Waals surface area contributed by atoms with Gasteiger partial charge in [0.15, 0.2) is 0 Å². The summed E-state index contributed by atoms with van der Waals surface area (Å²) < 4.78 is 4.50. The lowest BCUT2D eigenvalue weighted by atomic mass is 10.3. The van der Waals surface area contributed by atoms with Crippen molar-refractivity contribution in [3.8, 4) is 0 Å². The van der Waals surface area contributed by atoms with Crippen molar-refractivity contribution in [3.05, 3.63) is 95.5 Å². The molecule has 2 aliphatic rings. The number of aromatic carboxylic acids is 1. The van der Waals surface area contributed by atoms with Gasteiger partial charge in [-0.15, -0.1) is 0 Å². The molecule has 0 saturated carbocycles. The fourth-order valence-corrected chi connectivity index (χ4v) is 3.34. The Balaban J connectivity index is 0.000000230. The fourth-order valence-electron chi connectivity index (χ4n) is 3.34. The first kappa shape index (κ1) is 19.3. The molecule has 0 saturated heterocycles. The zero-order chi connectivity index (χ0) is 21.9. The molecule has 6 rings (SSSR count). The van der Waals surface area contributed by atoms with Crippen molar-refractivity contribution >= 4 is 52.3 Å². The van der Waals surface area contributed by atoms with E-state index in [1.807, 2.05) is 42.5 Å². The summed E-state index contributed by atoms with van der Waals surface area (Å²) in [5, 5.41) is 8.18. The average Bonchev–Trinajstić information content (AvgIpc) is 3.56. The standard InChI is InChI=1S/C20H14N4.C5H4O3/c1-2-14-10-16-5-6-18(23-16)12-20-8-7-19(24-20)11-17-4-3-15(22-17)9-13(1)21-14;6-5(7)4-2-1-3-8-4/h1-12,21-22H;1-3H,(H,6,7). The maximum Gasteiger partial charge on any atom is 0.371 e. The molecule has 32 heavy (non-hydrogen) atoms. The lowest BCUT2D eigenvalue weighted by Gasteiger charge is -1.86. The van der Waals surface area contributed by atoms with Crippen LogP contribution in [0.5, 0.6) is 0 Å². The largest absolute Gasteiger partial charge is 0.475 e. The minimum atomic E-state index is -1.03. The van der Waals surface area contributed by atoms with Crippen LogP contribution < -0.4 is 0 Å². The van der Waals surface area contributed by atoms with E-state index in [4.69, 9.17) is 5.11 Å². The monoisotopic (exact) mass is 422 g/mol. The molecule has 7 nitrogen and oxygen atoms in total. The predicted molar refractivity (Wildman–Crippen MR) is 125 cm³/mol. The number of nitrogens with zero attached hydrogens (tertiary/aromatic N) is 2. The molecule has 0 fully saturated rings. The molecule has 4 aromatic rings. The van der Waals surface area contributed by atoms with Gasteiger partial charge < -0.3 is 19.5 Å². The third-order valence-electron chi connectivity index (χ3n) is 4.77. The van der Waals surface area contributed by atoms with Gasteiger partial charge in [-0.2, -0.15) is 0 Å². The Morgan fingerprint density at radius 1 is 0.688 bits per heavy atom. The minimum absolute atomic E-state index is 0.0231. The third-order valence-corrected chi connectivity index (χ3v) is 4.77. The van der Waals surface area contributed by atoms with Gasteiger partial charge in [0, 0.05) is 22.1 Å². The van der Waals surface area contributed by atoms with Crippen LogP contribution >= 0.6 is 0 Å². The highest BCUT2D eigenvalue weighted by Crippen LogP contribution is 2.17. The molecule has 4 aromatic heterocycles. The van der Waals surface area contributed by atoms with Crippen molar-refractivity contribution in [2.75, 3.05) is 0 Å². The number of carboxylic acids is 1. The molecule has 0 unspecified atom stereocenters. The summed E-state index contributed by atoms with van der Waals surface area (Å²) in [4.78, 5) is 26.0. The molecule has 6 heterocycles. The van der Waals surface area contributed by atoms with Gasteiger partial charge in [0.2, 0.25) is 5.76 Å². The molecular formula is C25H18N4O3. The first-order chi connectivity index (χ1) is 15.6. The highest BCUT2D eigenvalue weighted by Gasteiger charge is 2.03. The first-order valence-electron chi connectivity index (χ1n) is 9.92. The van der Waals surface area contributed by atoms with Crippen LogP contribution in [-0.4, -0.2) is 31.0 Å². The average molecular weight is 422 g/mol. The van der Waals surface area contributed by atoms with E-state index in [9.17, 15) is 4.79 Å². The summed E-state index contributed by atoms with van der Waals surface area (Å²) in [5.74, 6) is -1.06. The Morgan fingerprint density at radius 3 is 1.56 bits per heavy atom. The molecule has 0 aromatic carbocycles. The van der Waals surface area contributed by atoms with Crippen molar-refractivity contribution in [2.24, 2.45) is 0 Å². The second-order valence-corrected chi connectivity index (χ2v) is 7.19. The Labute approximate surface area is 182 Å². The second kappa shape index (κ2) is 8.23. The number of aromatic nitrogens is 4. The van der Waals surface area contributed by atoms with E-state index in [1.54, 1.807) is 0 Å². The van der Waals surface area contributed by atoms with Gasteiger partial charge in [-0.25, -0.2) is 14.8 Å². The fraction of sp³-hybridized carbons (Fsp3) is 0. The molecule has 3 N–H and O–H groups in total. The van der Waals surface area contributed by atoms with Crippen molar-refractivity contribution in [1.82, 2.24) is 19.9 Å². The molecular weight excluding hydrogens is 404 g/mol. The maximum absolute atomic E-state index is 9.97. The zero-order valence-electron chi connectivity index (χ0n) is 16.8. The highest BCUT2D eigenvalue weighted by molar-refractivity contribution is 5.84. The van der Waals surface area contributed by atoms with Gasteiger partial charge in [-0.05, 0) is 85.0 Å². The molecule has 156 valence electrons. The number of H-pyrrole nitrogens is 2. The van der Waals surface area contributed by atoms with Crippen LogP contribution in [-0.2, 0) is 0 Å². The van der Waals surface area contributed by atoms with Crippen LogP contribution in [0.2, 0.25) is 0 Å². The molecule has 0 atom stereocenters. The highest BCUT2D eigenvalue weighted by atomic mass is 16.4. The van der Waals surface area contributed by atoms with Crippen molar-refractivity contribution in [1.29, 1.82) is 0 Å². The Bertz CT molecular complexity index is 1420. The van der Waals surface area contributed by atoms with Gasteiger partial charge >= 0.3 is 5.97 Å². The van der Waals surface area contributed by atoms with Crippen LogP contribution in [0.1, 0.15) is 33.3 Å². The quantitative estimate of drug-likeness (QED) is 0.318.